The Balaban J connectivity index is 1.58. The molecule has 7 nitrogen and oxygen atoms in total. The van der Waals surface area contributed by atoms with E-state index in [1.165, 1.54) is 0 Å². The van der Waals surface area contributed by atoms with Gasteiger partial charge in [-0.25, -0.2) is 0 Å². The molecular formula is C14H21N5O2. The van der Waals surface area contributed by atoms with Gasteiger partial charge >= 0.3 is 0 Å². The summed E-state index contributed by atoms with van der Waals surface area (Å²) in [6, 6.07) is -0.0434. The van der Waals surface area contributed by atoms with Crippen LogP contribution in [0, 0.1) is 0 Å². The van der Waals surface area contributed by atoms with Crippen LogP contribution < -0.4 is 5.32 Å². The molecule has 3 rings (SSSR count). The molecule has 7 heteroatoms. The van der Waals surface area contributed by atoms with Gasteiger partial charge in [0.15, 0.2) is 5.82 Å². The van der Waals surface area contributed by atoms with Crippen LogP contribution in [0.1, 0.15) is 44.4 Å². The van der Waals surface area contributed by atoms with Crippen LogP contribution in [0.2, 0.25) is 0 Å². The lowest BCUT2D eigenvalue weighted by molar-refractivity contribution is 0.0940. The third-order valence-electron chi connectivity index (χ3n) is 3.60. The highest BCUT2D eigenvalue weighted by molar-refractivity contribution is 5.39. The van der Waals surface area contributed by atoms with Gasteiger partial charge in [-0.1, -0.05) is 12.1 Å². The van der Waals surface area contributed by atoms with Crippen LogP contribution in [-0.2, 0) is 17.7 Å². The second kappa shape index (κ2) is 6.26. The molecule has 114 valence electrons. The summed E-state index contributed by atoms with van der Waals surface area (Å²) >= 11 is 0. The Morgan fingerprint density at radius 2 is 2.43 bits per heavy atom. The quantitative estimate of drug-likeness (QED) is 0.879. The van der Waals surface area contributed by atoms with Crippen molar-refractivity contribution in [1.82, 2.24) is 19.9 Å². The van der Waals surface area contributed by atoms with Crippen molar-refractivity contribution in [2.75, 3.05) is 11.9 Å². The first-order valence-electron chi connectivity index (χ1n) is 7.47. The molecule has 3 heterocycles. The monoisotopic (exact) mass is 291 g/mol. The molecule has 2 aromatic rings. The maximum absolute atomic E-state index is 5.62. The zero-order chi connectivity index (χ0) is 14.7. The van der Waals surface area contributed by atoms with Gasteiger partial charge in [0, 0.05) is 19.2 Å². The van der Waals surface area contributed by atoms with Gasteiger partial charge in [0.1, 0.15) is 6.04 Å². The van der Waals surface area contributed by atoms with E-state index in [0.717, 1.165) is 43.9 Å². The van der Waals surface area contributed by atoms with Crippen molar-refractivity contribution in [2.45, 2.75) is 51.8 Å². The Morgan fingerprint density at radius 3 is 3.14 bits per heavy atom. The summed E-state index contributed by atoms with van der Waals surface area (Å²) in [7, 11) is 0. The van der Waals surface area contributed by atoms with Crippen molar-refractivity contribution >= 4 is 5.69 Å². The van der Waals surface area contributed by atoms with Gasteiger partial charge in [-0.05, 0) is 19.8 Å². The Morgan fingerprint density at radius 1 is 1.52 bits per heavy atom. The molecule has 0 radical (unpaired) electrons. The third kappa shape index (κ3) is 3.41. The molecule has 1 aliphatic heterocycles. The van der Waals surface area contributed by atoms with Crippen molar-refractivity contribution in [3.8, 4) is 0 Å². The SMILES string of the molecule is CCc1noc([C@H](C)Nc2cnn(C[C@@H]3CCCO3)c2)n1. The van der Waals surface area contributed by atoms with E-state index in [4.69, 9.17) is 9.26 Å². The van der Waals surface area contributed by atoms with E-state index in [0.29, 0.717) is 12.0 Å². The fourth-order valence-electron chi connectivity index (χ4n) is 2.43. The minimum atomic E-state index is -0.0434. The molecule has 1 saturated heterocycles. The first kappa shape index (κ1) is 14.1. The number of nitrogens with zero attached hydrogens (tertiary/aromatic N) is 4. The lowest BCUT2D eigenvalue weighted by atomic mass is 10.2. The summed E-state index contributed by atoms with van der Waals surface area (Å²) in [5.41, 5.74) is 0.941. The molecule has 21 heavy (non-hydrogen) atoms. The number of aromatic nitrogens is 4. The number of hydrogen-bond donors (Lipinski definition) is 1. The second-order valence-corrected chi connectivity index (χ2v) is 5.35. The Labute approximate surface area is 123 Å². The molecule has 1 aliphatic rings. The molecular weight excluding hydrogens is 270 g/mol. The molecule has 0 unspecified atom stereocenters. The summed E-state index contributed by atoms with van der Waals surface area (Å²) in [6.45, 7) is 5.66. The molecule has 2 atom stereocenters. The molecule has 1 N–H and O–H groups in total. The normalized spacial score (nSPS) is 19.8. The lowest BCUT2D eigenvalue weighted by Crippen LogP contribution is -2.15. The highest BCUT2D eigenvalue weighted by Crippen LogP contribution is 2.19. The summed E-state index contributed by atoms with van der Waals surface area (Å²) in [6.07, 6.45) is 7.11. The van der Waals surface area contributed by atoms with Crippen molar-refractivity contribution in [2.24, 2.45) is 0 Å². The average molecular weight is 291 g/mol. The second-order valence-electron chi connectivity index (χ2n) is 5.35. The maximum atomic E-state index is 5.62. The lowest BCUT2D eigenvalue weighted by Gasteiger charge is -2.09. The van der Waals surface area contributed by atoms with E-state index in [-0.39, 0.29) is 6.04 Å². The van der Waals surface area contributed by atoms with E-state index < -0.39 is 0 Å². The Hall–Kier alpha value is -1.89. The smallest absolute Gasteiger partial charge is 0.248 e. The van der Waals surface area contributed by atoms with Crippen molar-refractivity contribution in [1.29, 1.82) is 0 Å². The van der Waals surface area contributed by atoms with Crippen LogP contribution in [0.3, 0.4) is 0 Å². The largest absolute Gasteiger partial charge is 0.376 e. The maximum Gasteiger partial charge on any atom is 0.248 e. The average Bonchev–Trinajstić information content (AvgIpc) is 3.20. The van der Waals surface area contributed by atoms with Gasteiger partial charge in [0.25, 0.3) is 0 Å². The van der Waals surface area contributed by atoms with Gasteiger partial charge < -0.3 is 14.6 Å². The zero-order valence-electron chi connectivity index (χ0n) is 12.5. The van der Waals surface area contributed by atoms with Crippen molar-refractivity contribution in [3.05, 3.63) is 24.1 Å². The van der Waals surface area contributed by atoms with Gasteiger partial charge in [-0.2, -0.15) is 10.1 Å². The fraction of sp³-hybridized carbons (Fsp3) is 0.643. The van der Waals surface area contributed by atoms with Crippen LogP contribution >= 0.6 is 0 Å². The van der Waals surface area contributed by atoms with Crippen molar-refractivity contribution < 1.29 is 9.26 Å². The zero-order valence-corrected chi connectivity index (χ0v) is 12.5. The molecule has 2 aromatic heterocycles. The van der Waals surface area contributed by atoms with E-state index >= 15 is 0 Å². The number of nitrogens with one attached hydrogen (secondary N) is 1. The molecule has 0 bridgehead atoms. The van der Waals surface area contributed by atoms with E-state index in [2.05, 4.69) is 20.6 Å². The number of anilines is 1. The fourth-order valence-corrected chi connectivity index (χ4v) is 2.43. The molecule has 0 aliphatic carbocycles. The molecule has 1 fully saturated rings. The highest BCUT2D eigenvalue weighted by atomic mass is 16.5. The minimum absolute atomic E-state index is 0.0434. The Kier molecular flexibility index (Phi) is 4.19. The topological polar surface area (TPSA) is 78.0 Å². The summed E-state index contributed by atoms with van der Waals surface area (Å²) in [5.74, 6) is 1.33. The van der Waals surface area contributed by atoms with Gasteiger partial charge in [-0.3, -0.25) is 4.68 Å². The molecule has 0 amide bonds. The van der Waals surface area contributed by atoms with Crippen molar-refractivity contribution in [3.63, 3.8) is 0 Å². The highest BCUT2D eigenvalue weighted by Gasteiger charge is 2.17. The first-order chi connectivity index (χ1) is 10.2. The number of rotatable bonds is 6. The summed E-state index contributed by atoms with van der Waals surface area (Å²) in [5, 5.41) is 11.6. The van der Waals surface area contributed by atoms with E-state index in [9.17, 15) is 0 Å². The van der Waals surface area contributed by atoms with Gasteiger partial charge in [-0.15, -0.1) is 0 Å². The predicted molar refractivity (Wildman–Crippen MR) is 76.9 cm³/mol. The third-order valence-corrected chi connectivity index (χ3v) is 3.60. The van der Waals surface area contributed by atoms with Crippen LogP contribution in [0.25, 0.3) is 0 Å². The van der Waals surface area contributed by atoms with E-state index in [1.807, 2.05) is 30.9 Å². The Bertz CT molecular complexity index is 573. The molecule has 0 spiro atoms. The van der Waals surface area contributed by atoms with Crippen LogP contribution in [0.4, 0.5) is 5.69 Å². The van der Waals surface area contributed by atoms with Crippen LogP contribution in [0.15, 0.2) is 16.9 Å². The minimum Gasteiger partial charge on any atom is -0.376 e. The predicted octanol–water partition coefficient (Wildman–Crippen LogP) is 2.18. The summed E-state index contributed by atoms with van der Waals surface area (Å²) in [4.78, 5) is 4.33. The number of hydrogen-bond acceptors (Lipinski definition) is 6. The van der Waals surface area contributed by atoms with Gasteiger partial charge in [0.05, 0.1) is 24.5 Å². The van der Waals surface area contributed by atoms with Crippen LogP contribution in [0.5, 0.6) is 0 Å². The van der Waals surface area contributed by atoms with Crippen LogP contribution in [-0.4, -0.2) is 32.6 Å². The standard InChI is InChI=1S/C14H21N5O2/c1-3-13-17-14(21-18-13)10(2)16-11-7-15-19(8-11)9-12-5-4-6-20-12/h7-8,10,12,16H,3-6,9H2,1-2H3/t10-,12-/m0/s1. The summed E-state index contributed by atoms with van der Waals surface area (Å²) < 4.78 is 12.8. The first-order valence-corrected chi connectivity index (χ1v) is 7.47. The van der Waals surface area contributed by atoms with Gasteiger partial charge in [0.2, 0.25) is 5.89 Å². The number of aryl methyl sites for hydroxylation is 1. The number of ether oxygens (including phenoxy) is 1. The molecule has 0 saturated carbocycles. The molecule has 0 aromatic carbocycles. The van der Waals surface area contributed by atoms with E-state index in [1.54, 1.807) is 0 Å².